The lowest BCUT2D eigenvalue weighted by Crippen LogP contribution is -1.84. The molecule has 0 saturated heterocycles. The summed E-state index contributed by atoms with van der Waals surface area (Å²) in [6, 6.07) is 3.74. The van der Waals surface area contributed by atoms with Gasteiger partial charge in [0, 0.05) is 0 Å². The summed E-state index contributed by atoms with van der Waals surface area (Å²) in [6.45, 7) is 0. The highest BCUT2D eigenvalue weighted by Gasteiger charge is 2.12. The normalized spacial score (nSPS) is 10.2. The number of aromatic nitrogens is 1. The van der Waals surface area contributed by atoms with Crippen LogP contribution < -0.4 is 0 Å². The number of fused-ring (bicyclic) bond motifs is 1. The molecule has 0 amide bonds. The molecule has 5 heteroatoms. The predicted octanol–water partition coefficient (Wildman–Crippen LogP) is 3.47. The maximum atomic E-state index is 8.74. The minimum atomic E-state index is 0.165. The molecule has 2 rings (SSSR count). The summed E-state index contributed by atoms with van der Waals surface area (Å²) in [5, 5.41) is 11.2. The molecule has 64 valence electrons. The molecule has 0 aromatic carbocycles. The van der Waals surface area contributed by atoms with Crippen LogP contribution in [0.25, 0.3) is 10.2 Å². The molecule has 2 nitrogen and oxygen atoms in total. The number of nitrogens with zero attached hydrogens (tertiary/aromatic N) is 2. The first-order chi connectivity index (χ1) is 6.24. The van der Waals surface area contributed by atoms with Gasteiger partial charge in [0.15, 0.2) is 0 Å². The molecule has 0 spiro atoms. The first-order valence-corrected chi connectivity index (χ1v) is 5.00. The van der Waals surface area contributed by atoms with Crippen molar-refractivity contribution in [1.82, 2.24) is 4.98 Å². The van der Waals surface area contributed by atoms with Gasteiger partial charge in [-0.15, -0.1) is 11.3 Å². The minimum absolute atomic E-state index is 0.165. The van der Waals surface area contributed by atoms with Crippen LogP contribution in [0.5, 0.6) is 0 Å². The number of hydrogen-bond acceptors (Lipinski definition) is 3. The first-order valence-electron chi connectivity index (χ1n) is 3.36. The summed E-state index contributed by atoms with van der Waals surface area (Å²) in [6.07, 6.45) is 0. The second-order valence-corrected chi connectivity index (χ2v) is 3.99. The van der Waals surface area contributed by atoms with E-state index in [1.165, 1.54) is 11.3 Å². The summed E-state index contributed by atoms with van der Waals surface area (Å²) in [4.78, 5) is 4.04. The Morgan fingerprint density at radius 2 is 2.23 bits per heavy atom. The van der Waals surface area contributed by atoms with Crippen molar-refractivity contribution in [3.8, 4) is 6.07 Å². The highest BCUT2D eigenvalue weighted by Crippen LogP contribution is 2.33. The molecule has 13 heavy (non-hydrogen) atoms. The van der Waals surface area contributed by atoms with E-state index in [0.29, 0.717) is 5.02 Å². The molecular formula is C8H2Cl2N2S. The van der Waals surface area contributed by atoms with E-state index in [4.69, 9.17) is 28.5 Å². The number of pyridine rings is 1. The van der Waals surface area contributed by atoms with Gasteiger partial charge in [0.25, 0.3) is 0 Å². The smallest absolute Gasteiger partial charge is 0.149 e. The lowest BCUT2D eigenvalue weighted by molar-refractivity contribution is 1.38. The molecule has 0 aliphatic heterocycles. The molecular weight excluding hydrogens is 227 g/mol. The van der Waals surface area contributed by atoms with Gasteiger partial charge in [0.2, 0.25) is 0 Å². The molecule has 0 atom stereocenters. The Hall–Kier alpha value is -0.820. The third-order valence-electron chi connectivity index (χ3n) is 1.60. The molecule has 0 bridgehead atoms. The van der Waals surface area contributed by atoms with Gasteiger partial charge < -0.3 is 0 Å². The van der Waals surface area contributed by atoms with Crippen molar-refractivity contribution in [2.24, 2.45) is 0 Å². The standard InChI is InChI=1S/C8H2Cl2N2S/c9-6-4(3-11)8(10)12-5-1-2-13-7(5)6/h1-2H. The second kappa shape index (κ2) is 3.15. The van der Waals surface area contributed by atoms with Crippen molar-refractivity contribution in [3.05, 3.63) is 27.2 Å². The van der Waals surface area contributed by atoms with Crippen molar-refractivity contribution in [3.63, 3.8) is 0 Å². The molecule has 0 aliphatic rings. The Labute approximate surface area is 88.3 Å². The molecule has 2 aromatic heterocycles. The summed E-state index contributed by atoms with van der Waals surface area (Å²) >= 11 is 13.2. The second-order valence-electron chi connectivity index (χ2n) is 2.34. The molecule has 2 aromatic rings. The Morgan fingerprint density at radius 1 is 1.46 bits per heavy atom. The summed E-state index contributed by atoms with van der Waals surface area (Å²) in [5.41, 5.74) is 0.984. The number of hydrogen-bond donors (Lipinski definition) is 0. The lowest BCUT2D eigenvalue weighted by atomic mass is 10.3. The fraction of sp³-hybridized carbons (Fsp3) is 0. The Balaban J connectivity index is 2.95. The van der Waals surface area contributed by atoms with Crippen molar-refractivity contribution in [1.29, 1.82) is 5.26 Å². The number of rotatable bonds is 0. The highest BCUT2D eigenvalue weighted by molar-refractivity contribution is 7.17. The van der Waals surface area contributed by atoms with Crippen molar-refractivity contribution < 1.29 is 0 Å². The average Bonchev–Trinajstić information content (AvgIpc) is 2.53. The maximum absolute atomic E-state index is 8.74. The monoisotopic (exact) mass is 228 g/mol. The topological polar surface area (TPSA) is 36.7 Å². The van der Waals surface area contributed by atoms with Crippen LogP contribution in [0.1, 0.15) is 5.56 Å². The van der Waals surface area contributed by atoms with E-state index >= 15 is 0 Å². The van der Waals surface area contributed by atoms with E-state index in [0.717, 1.165) is 10.2 Å². The van der Waals surface area contributed by atoms with Gasteiger partial charge in [-0.25, -0.2) is 4.98 Å². The lowest BCUT2D eigenvalue weighted by Gasteiger charge is -1.98. The van der Waals surface area contributed by atoms with Crippen LogP contribution in [0.4, 0.5) is 0 Å². The fourth-order valence-electron chi connectivity index (χ4n) is 1.02. The number of halogens is 2. The average molecular weight is 229 g/mol. The van der Waals surface area contributed by atoms with Crippen LogP contribution in [0.2, 0.25) is 10.2 Å². The van der Waals surface area contributed by atoms with Crippen LogP contribution in [0.15, 0.2) is 11.4 Å². The Morgan fingerprint density at radius 3 is 2.92 bits per heavy atom. The van der Waals surface area contributed by atoms with Gasteiger partial charge in [-0.2, -0.15) is 5.26 Å². The predicted molar refractivity (Wildman–Crippen MR) is 54.4 cm³/mol. The molecule has 0 fully saturated rings. The van der Waals surface area contributed by atoms with E-state index < -0.39 is 0 Å². The third kappa shape index (κ3) is 1.28. The molecule has 2 heterocycles. The molecule has 0 saturated carbocycles. The van der Waals surface area contributed by atoms with Crippen molar-refractivity contribution in [2.45, 2.75) is 0 Å². The van der Waals surface area contributed by atoms with Crippen LogP contribution in [0, 0.1) is 11.3 Å². The van der Waals surface area contributed by atoms with Crippen LogP contribution >= 0.6 is 34.5 Å². The van der Waals surface area contributed by atoms with Crippen LogP contribution in [0.3, 0.4) is 0 Å². The largest absolute Gasteiger partial charge is 0.234 e. The Bertz CT molecular complexity index is 513. The quantitative estimate of drug-likeness (QED) is 0.648. The zero-order valence-electron chi connectivity index (χ0n) is 6.21. The Kier molecular flexibility index (Phi) is 2.12. The van der Waals surface area contributed by atoms with Crippen molar-refractivity contribution in [2.75, 3.05) is 0 Å². The van der Waals surface area contributed by atoms with E-state index in [1.54, 1.807) is 0 Å². The molecule has 0 unspecified atom stereocenters. The van der Waals surface area contributed by atoms with Gasteiger partial charge >= 0.3 is 0 Å². The highest BCUT2D eigenvalue weighted by atomic mass is 35.5. The zero-order chi connectivity index (χ0) is 9.42. The SMILES string of the molecule is N#Cc1c(Cl)nc2ccsc2c1Cl. The van der Waals surface area contributed by atoms with E-state index in [2.05, 4.69) is 4.98 Å². The number of nitriles is 1. The summed E-state index contributed by atoms with van der Waals surface area (Å²) in [7, 11) is 0. The summed E-state index contributed by atoms with van der Waals surface area (Å²) in [5.74, 6) is 0. The number of thiophene rings is 1. The maximum Gasteiger partial charge on any atom is 0.149 e. The van der Waals surface area contributed by atoms with E-state index in [1.807, 2.05) is 17.5 Å². The van der Waals surface area contributed by atoms with Crippen LogP contribution in [-0.2, 0) is 0 Å². The van der Waals surface area contributed by atoms with E-state index in [9.17, 15) is 0 Å². The fourth-order valence-corrected chi connectivity index (χ4v) is 2.43. The van der Waals surface area contributed by atoms with Crippen LogP contribution in [-0.4, -0.2) is 4.98 Å². The molecule has 0 aliphatic carbocycles. The van der Waals surface area contributed by atoms with Gasteiger partial charge in [0.05, 0.1) is 15.2 Å². The van der Waals surface area contributed by atoms with Gasteiger partial charge in [-0.3, -0.25) is 0 Å². The zero-order valence-corrected chi connectivity index (χ0v) is 8.54. The van der Waals surface area contributed by atoms with Gasteiger partial charge in [-0.1, -0.05) is 23.2 Å². The first kappa shape index (κ1) is 8.76. The summed E-state index contributed by atoms with van der Waals surface area (Å²) < 4.78 is 0.808. The van der Waals surface area contributed by atoms with Crippen molar-refractivity contribution >= 4 is 44.8 Å². The molecule has 0 radical (unpaired) electrons. The minimum Gasteiger partial charge on any atom is -0.234 e. The van der Waals surface area contributed by atoms with E-state index in [-0.39, 0.29) is 10.7 Å². The molecule has 0 N–H and O–H groups in total. The van der Waals surface area contributed by atoms with Gasteiger partial charge in [0.1, 0.15) is 16.8 Å². The van der Waals surface area contributed by atoms with Gasteiger partial charge in [-0.05, 0) is 11.4 Å². The third-order valence-corrected chi connectivity index (χ3v) is 3.28.